The number of benzene rings is 2. The van der Waals surface area contributed by atoms with Crippen molar-refractivity contribution in [1.29, 1.82) is 0 Å². The van der Waals surface area contributed by atoms with E-state index in [4.69, 9.17) is 0 Å². The molecule has 0 bridgehead atoms. The third kappa shape index (κ3) is 7.76. The summed E-state index contributed by atoms with van der Waals surface area (Å²) in [6.45, 7) is 3.76. The van der Waals surface area contributed by atoms with E-state index in [1.165, 1.54) is 12.8 Å². The van der Waals surface area contributed by atoms with Crippen molar-refractivity contribution in [3.63, 3.8) is 0 Å². The average molecular weight is 419 g/mol. The van der Waals surface area contributed by atoms with E-state index in [0.29, 0.717) is 0 Å². The van der Waals surface area contributed by atoms with Crippen LogP contribution in [0.2, 0.25) is 0 Å². The minimum absolute atomic E-state index is 0.0595. The molecule has 6 heteroatoms. The second kappa shape index (κ2) is 10.0. The number of phenols is 4. The molecule has 6 nitrogen and oxygen atoms in total. The van der Waals surface area contributed by atoms with Gasteiger partial charge in [0.2, 0.25) is 0 Å². The van der Waals surface area contributed by atoms with Crippen LogP contribution < -0.4 is 0 Å². The molecule has 0 spiro atoms. The second-order valence-electron chi connectivity index (χ2n) is 9.70. The van der Waals surface area contributed by atoms with Gasteiger partial charge in [0, 0.05) is 11.1 Å². The maximum Gasteiger partial charge on any atom is 0.157 e. The van der Waals surface area contributed by atoms with Crippen LogP contribution in [0.15, 0.2) is 36.4 Å². The van der Waals surface area contributed by atoms with Gasteiger partial charge >= 0.3 is 0 Å². The van der Waals surface area contributed by atoms with Crippen molar-refractivity contribution >= 4 is 0 Å². The largest absolute Gasteiger partial charge is 0.504 e. The van der Waals surface area contributed by atoms with Gasteiger partial charge in [0.25, 0.3) is 0 Å². The molecule has 2 rings (SSSR count). The number of aromatic hydroxyl groups is 4. The summed E-state index contributed by atoms with van der Waals surface area (Å²) in [5.41, 5.74) is 2.05. The number of quaternary nitrogens is 2. The molecule has 0 unspecified atom stereocenters. The highest BCUT2D eigenvalue weighted by molar-refractivity contribution is 5.40. The summed E-state index contributed by atoms with van der Waals surface area (Å²) in [4.78, 5) is 0. The molecule has 2 aromatic rings. The molecule has 0 fully saturated rings. The first-order chi connectivity index (χ1) is 14.0. The van der Waals surface area contributed by atoms with Gasteiger partial charge in [-0.05, 0) is 62.1 Å². The van der Waals surface area contributed by atoms with Crippen LogP contribution >= 0.6 is 0 Å². The minimum Gasteiger partial charge on any atom is -0.504 e. The Labute approximate surface area is 180 Å². The molecule has 0 amide bonds. The van der Waals surface area contributed by atoms with Gasteiger partial charge < -0.3 is 29.4 Å². The number of hydrogen-bond donors (Lipinski definition) is 4. The van der Waals surface area contributed by atoms with Gasteiger partial charge in [-0.15, -0.1) is 0 Å². The first kappa shape index (κ1) is 23.8. The smallest absolute Gasteiger partial charge is 0.157 e. The van der Waals surface area contributed by atoms with Crippen LogP contribution in [-0.4, -0.2) is 70.7 Å². The van der Waals surface area contributed by atoms with Crippen LogP contribution in [-0.2, 0) is 13.1 Å². The Morgan fingerprint density at radius 1 is 0.533 bits per heavy atom. The van der Waals surface area contributed by atoms with Crippen molar-refractivity contribution in [3.8, 4) is 23.0 Å². The van der Waals surface area contributed by atoms with Gasteiger partial charge in [-0.2, -0.15) is 0 Å². The topological polar surface area (TPSA) is 80.9 Å². The molecule has 2 aromatic carbocycles. The molecule has 166 valence electrons. The monoisotopic (exact) mass is 418 g/mol. The Hall–Kier alpha value is -2.44. The molecule has 0 saturated carbocycles. The molecule has 0 aliphatic heterocycles. The van der Waals surface area contributed by atoms with Gasteiger partial charge in [-0.25, -0.2) is 0 Å². The molecule has 30 heavy (non-hydrogen) atoms. The van der Waals surface area contributed by atoms with Crippen LogP contribution in [0.4, 0.5) is 0 Å². The van der Waals surface area contributed by atoms with Crippen molar-refractivity contribution in [2.45, 2.75) is 38.8 Å². The van der Waals surface area contributed by atoms with Crippen molar-refractivity contribution in [2.75, 3.05) is 41.3 Å². The highest BCUT2D eigenvalue weighted by Crippen LogP contribution is 2.27. The van der Waals surface area contributed by atoms with Gasteiger partial charge in [0.1, 0.15) is 13.1 Å². The Bertz CT molecular complexity index is 764. The van der Waals surface area contributed by atoms with E-state index in [1.54, 1.807) is 24.3 Å². The normalized spacial score (nSPS) is 12.3. The van der Waals surface area contributed by atoms with Crippen LogP contribution in [0.25, 0.3) is 0 Å². The number of unbranched alkanes of at least 4 members (excludes halogenated alkanes) is 3. The highest BCUT2D eigenvalue weighted by atomic mass is 16.3. The molecule has 0 aromatic heterocycles. The molecule has 0 aliphatic rings. The van der Waals surface area contributed by atoms with Crippen molar-refractivity contribution in [3.05, 3.63) is 47.5 Å². The molecular formula is C24H38N2O4+2. The molecule has 4 N–H and O–H groups in total. The van der Waals surface area contributed by atoms with E-state index in [-0.39, 0.29) is 23.0 Å². The summed E-state index contributed by atoms with van der Waals surface area (Å²) in [7, 11) is 8.77. The summed E-state index contributed by atoms with van der Waals surface area (Å²) < 4.78 is 1.69. The fraction of sp³-hybridized carbons (Fsp3) is 0.500. The summed E-state index contributed by atoms with van der Waals surface area (Å²) in [6, 6.07) is 10.1. The maximum absolute atomic E-state index is 9.67. The fourth-order valence-corrected chi connectivity index (χ4v) is 3.91. The summed E-state index contributed by atoms with van der Waals surface area (Å²) in [5, 5.41) is 38.2. The first-order valence-corrected chi connectivity index (χ1v) is 10.6. The zero-order valence-corrected chi connectivity index (χ0v) is 18.8. The second-order valence-corrected chi connectivity index (χ2v) is 9.70. The third-order valence-corrected chi connectivity index (χ3v) is 5.58. The highest BCUT2D eigenvalue weighted by Gasteiger charge is 2.18. The number of hydrogen-bond acceptors (Lipinski definition) is 4. The number of rotatable bonds is 11. The summed E-state index contributed by atoms with van der Waals surface area (Å²) >= 11 is 0. The lowest BCUT2D eigenvalue weighted by Gasteiger charge is -2.31. The van der Waals surface area contributed by atoms with Gasteiger partial charge in [0.05, 0.1) is 41.3 Å². The van der Waals surface area contributed by atoms with Crippen LogP contribution in [0.5, 0.6) is 23.0 Å². The van der Waals surface area contributed by atoms with E-state index in [2.05, 4.69) is 28.2 Å². The molecule has 0 radical (unpaired) electrons. The lowest BCUT2D eigenvalue weighted by atomic mass is 10.1. The number of phenolic OH excluding ortho intramolecular Hbond substituents is 4. The predicted molar refractivity (Wildman–Crippen MR) is 119 cm³/mol. The van der Waals surface area contributed by atoms with Crippen LogP contribution in [0.3, 0.4) is 0 Å². The molecule has 0 aliphatic carbocycles. The van der Waals surface area contributed by atoms with Gasteiger partial charge in [-0.1, -0.05) is 0 Å². The lowest BCUT2D eigenvalue weighted by Crippen LogP contribution is -2.40. The Morgan fingerprint density at radius 3 is 1.23 bits per heavy atom. The Morgan fingerprint density at radius 2 is 0.900 bits per heavy atom. The van der Waals surface area contributed by atoms with Crippen LogP contribution in [0.1, 0.15) is 36.8 Å². The van der Waals surface area contributed by atoms with Gasteiger partial charge in [-0.3, -0.25) is 0 Å². The van der Waals surface area contributed by atoms with E-state index < -0.39 is 0 Å². The van der Waals surface area contributed by atoms with E-state index >= 15 is 0 Å². The molecule has 0 heterocycles. The minimum atomic E-state index is -0.0763. The number of nitrogens with zero attached hydrogens (tertiary/aromatic N) is 2. The van der Waals surface area contributed by atoms with E-state index in [1.807, 2.05) is 12.1 Å². The third-order valence-electron chi connectivity index (χ3n) is 5.58. The lowest BCUT2D eigenvalue weighted by molar-refractivity contribution is -0.904. The Kier molecular flexibility index (Phi) is 7.98. The van der Waals surface area contributed by atoms with Crippen molar-refractivity contribution in [1.82, 2.24) is 0 Å². The fourth-order valence-electron chi connectivity index (χ4n) is 3.91. The van der Waals surface area contributed by atoms with E-state index in [9.17, 15) is 20.4 Å². The van der Waals surface area contributed by atoms with E-state index in [0.717, 1.165) is 59.1 Å². The molecule has 0 atom stereocenters. The van der Waals surface area contributed by atoms with Crippen molar-refractivity contribution in [2.24, 2.45) is 0 Å². The zero-order valence-electron chi connectivity index (χ0n) is 18.8. The first-order valence-electron chi connectivity index (χ1n) is 10.6. The summed E-state index contributed by atoms with van der Waals surface area (Å²) in [5.74, 6) is -0.272. The maximum atomic E-state index is 9.67. The molecule has 0 saturated heterocycles. The zero-order chi connectivity index (χ0) is 22.4. The average Bonchev–Trinajstić information content (AvgIpc) is 2.63. The standard InChI is InChI=1S/C24H36N2O4/c1-25(2,17-19-9-11-21(27)23(29)15-19)13-7-5-6-8-14-26(3,4)18-20-10-12-22(28)24(30)16-20/h9-12,15-16H,5-8,13-14,17-18H2,1-4H3,(H2-2,27,28,29,30)/p+2. The van der Waals surface area contributed by atoms with Crippen LogP contribution in [0, 0.1) is 0 Å². The Balaban J connectivity index is 1.68. The quantitative estimate of drug-likeness (QED) is 0.253. The van der Waals surface area contributed by atoms with Crippen molar-refractivity contribution < 1.29 is 29.4 Å². The van der Waals surface area contributed by atoms with Gasteiger partial charge in [0.15, 0.2) is 23.0 Å². The SMILES string of the molecule is C[N+](C)(CCCCCC[N+](C)(C)Cc1ccc(O)c(O)c1)Cc1ccc(O)c(O)c1. The molecular weight excluding hydrogens is 380 g/mol. The predicted octanol–water partition coefficient (Wildman–Crippen LogP) is 3.92. The summed E-state index contributed by atoms with van der Waals surface area (Å²) in [6.07, 6.45) is 4.66.